The van der Waals surface area contributed by atoms with Crippen molar-refractivity contribution in [2.24, 2.45) is 0 Å². The van der Waals surface area contributed by atoms with E-state index in [0.717, 1.165) is 103 Å². The summed E-state index contributed by atoms with van der Waals surface area (Å²) in [7, 11) is 0. The lowest BCUT2D eigenvalue weighted by Crippen LogP contribution is -2.30. The van der Waals surface area contributed by atoms with E-state index in [9.17, 15) is 9.59 Å². The molecule has 0 aromatic heterocycles. The van der Waals surface area contributed by atoms with E-state index >= 15 is 0 Å². The van der Waals surface area contributed by atoms with Crippen LogP contribution in [0.5, 0.6) is 0 Å². The zero-order chi connectivity index (χ0) is 43.5. The van der Waals surface area contributed by atoms with Gasteiger partial charge in [0.1, 0.15) is 6.61 Å². The fourth-order valence-corrected chi connectivity index (χ4v) is 7.01. The number of carbonyl (C=O) groups is 2. The van der Waals surface area contributed by atoms with Crippen LogP contribution in [0.25, 0.3) is 0 Å². The van der Waals surface area contributed by atoms with E-state index < -0.39 is 6.10 Å². The van der Waals surface area contributed by atoms with Crippen molar-refractivity contribution in [1.82, 2.24) is 0 Å². The van der Waals surface area contributed by atoms with Crippen molar-refractivity contribution < 1.29 is 23.8 Å². The molecule has 0 aromatic carbocycles. The Bertz CT molecular complexity index is 1080. The van der Waals surface area contributed by atoms with Gasteiger partial charge in [0.15, 0.2) is 6.10 Å². The summed E-state index contributed by atoms with van der Waals surface area (Å²) in [5.41, 5.74) is 0. The molecule has 0 fully saturated rings. The minimum absolute atomic E-state index is 0.0727. The minimum Gasteiger partial charge on any atom is -0.462 e. The summed E-state index contributed by atoms with van der Waals surface area (Å²) in [4.78, 5) is 25.4. The summed E-state index contributed by atoms with van der Waals surface area (Å²) >= 11 is 0. The molecule has 0 N–H and O–H groups in total. The Kier molecular flexibility index (Phi) is 48.4. The number of hydrogen-bond acceptors (Lipinski definition) is 5. The number of esters is 2. The van der Waals surface area contributed by atoms with Crippen LogP contribution in [0.1, 0.15) is 239 Å². The monoisotopic (exact) mass is 837 g/mol. The maximum Gasteiger partial charge on any atom is 0.306 e. The van der Waals surface area contributed by atoms with Crippen molar-refractivity contribution >= 4 is 11.9 Å². The molecule has 0 rings (SSSR count). The molecule has 0 radical (unpaired) electrons. The van der Waals surface area contributed by atoms with Crippen LogP contribution in [0.2, 0.25) is 0 Å². The van der Waals surface area contributed by atoms with Gasteiger partial charge in [0, 0.05) is 19.4 Å². The van der Waals surface area contributed by atoms with Crippen molar-refractivity contribution in [2.45, 2.75) is 245 Å². The molecular weight excluding hydrogens is 741 g/mol. The average molecular weight is 837 g/mol. The molecule has 0 aliphatic heterocycles. The Morgan fingerprint density at radius 3 is 1.20 bits per heavy atom. The summed E-state index contributed by atoms with van der Waals surface area (Å²) in [6.45, 7) is 7.59. The van der Waals surface area contributed by atoms with E-state index in [1.54, 1.807) is 0 Å². The predicted octanol–water partition coefficient (Wildman–Crippen LogP) is 17.1. The van der Waals surface area contributed by atoms with Crippen molar-refractivity contribution in [3.63, 3.8) is 0 Å². The highest BCUT2D eigenvalue weighted by molar-refractivity contribution is 5.70. The molecular formula is C55H96O5. The molecule has 0 saturated heterocycles. The Morgan fingerprint density at radius 2 is 0.750 bits per heavy atom. The summed E-state index contributed by atoms with van der Waals surface area (Å²) in [5, 5.41) is 0. The zero-order valence-corrected chi connectivity index (χ0v) is 39.7. The van der Waals surface area contributed by atoms with E-state index in [1.165, 1.54) is 103 Å². The van der Waals surface area contributed by atoms with E-state index in [-0.39, 0.29) is 25.2 Å². The number of unbranched alkanes of at least 4 members (excludes halogenated alkanes) is 23. The van der Waals surface area contributed by atoms with Gasteiger partial charge in [-0.05, 0) is 83.5 Å². The quantitative estimate of drug-likeness (QED) is 0.0347. The Balaban J connectivity index is 4.29. The molecule has 5 heteroatoms. The van der Waals surface area contributed by atoms with E-state index in [2.05, 4.69) is 93.7 Å². The van der Waals surface area contributed by atoms with Crippen molar-refractivity contribution in [1.29, 1.82) is 0 Å². The van der Waals surface area contributed by atoms with Crippen molar-refractivity contribution in [3.8, 4) is 0 Å². The lowest BCUT2D eigenvalue weighted by molar-refractivity contribution is -0.163. The zero-order valence-electron chi connectivity index (χ0n) is 39.7. The summed E-state index contributed by atoms with van der Waals surface area (Å²) < 4.78 is 17.4. The molecule has 5 nitrogen and oxygen atoms in total. The minimum atomic E-state index is -0.549. The number of ether oxygens (including phenoxy) is 3. The maximum absolute atomic E-state index is 12.8. The number of allylic oxidation sites excluding steroid dienone is 12. The third kappa shape index (κ3) is 48.0. The highest BCUT2D eigenvalue weighted by Gasteiger charge is 2.17. The largest absolute Gasteiger partial charge is 0.462 e. The van der Waals surface area contributed by atoms with E-state index in [4.69, 9.17) is 14.2 Å². The van der Waals surface area contributed by atoms with Gasteiger partial charge >= 0.3 is 11.9 Å². The van der Waals surface area contributed by atoms with Crippen LogP contribution < -0.4 is 0 Å². The van der Waals surface area contributed by atoms with E-state index in [1.807, 2.05) is 0 Å². The van der Waals surface area contributed by atoms with Gasteiger partial charge < -0.3 is 14.2 Å². The molecule has 60 heavy (non-hydrogen) atoms. The Hall–Kier alpha value is -2.66. The molecule has 1 atom stereocenters. The van der Waals surface area contributed by atoms with Gasteiger partial charge in [-0.2, -0.15) is 0 Å². The lowest BCUT2D eigenvalue weighted by atomic mass is 10.1. The third-order valence-corrected chi connectivity index (χ3v) is 10.7. The smallest absolute Gasteiger partial charge is 0.306 e. The van der Waals surface area contributed by atoms with Crippen LogP contribution in [-0.2, 0) is 23.8 Å². The highest BCUT2D eigenvalue weighted by Crippen LogP contribution is 2.14. The fourth-order valence-electron chi connectivity index (χ4n) is 7.01. The first-order valence-corrected chi connectivity index (χ1v) is 25.5. The topological polar surface area (TPSA) is 61.8 Å². The summed E-state index contributed by atoms with van der Waals surface area (Å²) in [6, 6.07) is 0. The van der Waals surface area contributed by atoms with E-state index in [0.29, 0.717) is 19.4 Å². The van der Waals surface area contributed by atoms with Gasteiger partial charge in [-0.25, -0.2) is 0 Å². The Morgan fingerprint density at radius 1 is 0.383 bits per heavy atom. The lowest BCUT2D eigenvalue weighted by Gasteiger charge is -2.18. The van der Waals surface area contributed by atoms with Crippen LogP contribution in [0, 0.1) is 0 Å². The first-order chi connectivity index (χ1) is 29.6. The molecule has 346 valence electrons. The average Bonchev–Trinajstić information content (AvgIpc) is 3.25. The van der Waals surface area contributed by atoms with Gasteiger partial charge in [0.2, 0.25) is 0 Å². The predicted molar refractivity (Wildman–Crippen MR) is 260 cm³/mol. The second kappa shape index (κ2) is 50.7. The second-order valence-corrected chi connectivity index (χ2v) is 16.7. The van der Waals surface area contributed by atoms with Crippen LogP contribution >= 0.6 is 0 Å². The molecule has 0 spiro atoms. The molecule has 0 heterocycles. The van der Waals surface area contributed by atoms with Crippen LogP contribution in [-0.4, -0.2) is 37.9 Å². The van der Waals surface area contributed by atoms with Gasteiger partial charge in [-0.15, -0.1) is 0 Å². The fraction of sp³-hybridized carbons (Fsp3) is 0.745. The molecule has 0 aliphatic carbocycles. The molecule has 0 amide bonds. The normalized spacial score (nSPS) is 12.8. The SMILES string of the molecule is CC/C=C\C/C=C\C/C=C\CCCCCCCCCC(=O)OCC(COCCCCCCCCCCCCCC)OC(=O)CCCCCCC/C=C\C/C=C\C/C=C\CC. The first kappa shape index (κ1) is 57.3. The molecule has 0 aliphatic rings. The summed E-state index contributed by atoms with van der Waals surface area (Å²) in [5.74, 6) is -0.424. The van der Waals surface area contributed by atoms with Crippen molar-refractivity contribution in [3.05, 3.63) is 72.9 Å². The number of carbonyl (C=O) groups excluding carboxylic acids is 2. The molecule has 0 saturated carbocycles. The standard InChI is InChI=1S/C55H96O5/c1-4-7-10-13-16-19-22-25-27-28-30-31-33-36-39-42-45-48-54(56)59-52-53(51-58-50-47-44-41-38-35-24-21-18-15-12-9-6-3)60-55(57)49-46-43-40-37-34-32-29-26-23-20-17-14-11-8-5-2/h7-8,10-11,16-17,19-20,25-27,29,53H,4-6,9,12-15,18,21-24,28,30-52H2,1-3H3/b10-7-,11-8-,19-16-,20-17-,27-25-,29-26-. The van der Waals surface area contributed by atoms with Crippen LogP contribution in [0.3, 0.4) is 0 Å². The number of rotatable bonds is 46. The highest BCUT2D eigenvalue weighted by atomic mass is 16.6. The number of hydrogen-bond donors (Lipinski definition) is 0. The molecule has 1 unspecified atom stereocenters. The third-order valence-electron chi connectivity index (χ3n) is 10.7. The van der Waals surface area contributed by atoms with Gasteiger partial charge in [-0.1, -0.05) is 216 Å². The van der Waals surface area contributed by atoms with Gasteiger partial charge in [-0.3, -0.25) is 9.59 Å². The summed E-state index contributed by atoms with van der Waals surface area (Å²) in [6.07, 6.45) is 64.7. The van der Waals surface area contributed by atoms with Crippen LogP contribution in [0.15, 0.2) is 72.9 Å². The van der Waals surface area contributed by atoms with Gasteiger partial charge in [0.25, 0.3) is 0 Å². The second-order valence-electron chi connectivity index (χ2n) is 16.7. The Labute approximate surface area is 372 Å². The van der Waals surface area contributed by atoms with Crippen LogP contribution in [0.4, 0.5) is 0 Å². The maximum atomic E-state index is 12.8. The molecule has 0 bridgehead atoms. The molecule has 0 aromatic rings. The van der Waals surface area contributed by atoms with Crippen molar-refractivity contribution in [2.75, 3.05) is 19.8 Å². The van der Waals surface area contributed by atoms with Gasteiger partial charge in [0.05, 0.1) is 6.61 Å². The first-order valence-electron chi connectivity index (χ1n) is 25.5.